The van der Waals surface area contributed by atoms with Gasteiger partial charge in [-0.05, 0) is 53.6 Å². The van der Waals surface area contributed by atoms with E-state index in [1.807, 2.05) is 53.9 Å². The quantitative estimate of drug-likeness (QED) is 0.327. The molecule has 0 bridgehead atoms. The topological polar surface area (TPSA) is 65.1 Å². The van der Waals surface area contributed by atoms with Gasteiger partial charge in [-0.2, -0.15) is 0 Å². The van der Waals surface area contributed by atoms with Gasteiger partial charge in [0.2, 0.25) is 0 Å². The summed E-state index contributed by atoms with van der Waals surface area (Å²) in [6.45, 7) is 2.40. The summed E-state index contributed by atoms with van der Waals surface area (Å²) in [6.07, 6.45) is 2.62. The molecule has 0 radical (unpaired) electrons. The largest absolute Gasteiger partial charge is 0.493 e. The van der Waals surface area contributed by atoms with Gasteiger partial charge in [0.05, 0.1) is 25.8 Å². The van der Waals surface area contributed by atoms with E-state index in [2.05, 4.69) is 11.0 Å². The Hall–Kier alpha value is -3.58. The summed E-state index contributed by atoms with van der Waals surface area (Å²) in [4.78, 5) is 28.8. The van der Waals surface area contributed by atoms with Crippen molar-refractivity contribution in [3.8, 4) is 11.5 Å². The lowest BCUT2D eigenvalue weighted by atomic mass is 9.82. The number of methoxy groups -OCH3 is 1. The number of carbonyl (C=O) groups is 2. The molecule has 0 saturated carbocycles. The molecule has 5 rings (SSSR count). The van der Waals surface area contributed by atoms with E-state index in [0.717, 1.165) is 23.1 Å². The van der Waals surface area contributed by atoms with Crippen LogP contribution >= 0.6 is 11.3 Å². The molecule has 1 aromatic heterocycles. The standard InChI is InChI=1S/C28H27NO5S/c1-3-33-28(31)21-16-29-22(15-24(21)30)20-14-25(32-2)26(34-17-18-8-5-4-6-9-18)13-19(20)12-23(29)27-10-7-11-35-27/h4-11,13-14,16,22-23H,3,12,15,17H2,1-2H3. The SMILES string of the molecule is CCOC(=O)C1=CN2C(c3cccs3)Cc3cc(OCc4ccccc4)c(OC)cc3C2CC1=O. The maximum atomic E-state index is 13.0. The fourth-order valence-electron chi connectivity index (χ4n) is 4.81. The highest BCUT2D eigenvalue weighted by molar-refractivity contribution is 7.10. The van der Waals surface area contributed by atoms with Gasteiger partial charge in [0.15, 0.2) is 17.3 Å². The lowest BCUT2D eigenvalue weighted by Gasteiger charge is -2.45. The van der Waals surface area contributed by atoms with Gasteiger partial charge in [0, 0.05) is 17.5 Å². The Kier molecular flexibility index (Phi) is 6.59. The minimum Gasteiger partial charge on any atom is -0.493 e. The second-order valence-corrected chi connectivity index (χ2v) is 9.54. The third-order valence-electron chi connectivity index (χ3n) is 6.48. The molecule has 0 N–H and O–H groups in total. The Labute approximate surface area is 208 Å². The van der Waals surface area contributed by atoms with Crippen LogP contribution in [0.4, 0.5) is 0 Å². The number of carbonyl (C=O) groups excluding carboxylic acids is 2. The molecule has 2 aliphatic rings. The van der Waals surface area contributed by atoms with Crippen molar-refractivity contribution in [2.45, 2.75) is 38.5 Å². The molecule has 0 aliphatic carbocycles. The third-order valence-corrected chi connectivity index (χ3v) is 7.45. The number of nitrogens with zero attached hydrogens (tertiary/aromatic N) is 1. The first kappa shape index (κ1) is 23.2. The van der Waals surface area contributed by atoms with Crippen LogP contribution in [0.15, 0.2) is 71.8 Å². The number of fused-ring (bicyclic) bond motifs is 3. The van der Waals surface area contributed by atoms with Crippen LogP contribution in [0, 0.1) is 0 Å². The number of ether oxygens (including phenoxy) is 3. The summed E-state index contributed by atoms with van der Waals surface area (Å²) < 4.78 is 17.0. The molecule has 2 atom stereocenters. The maximum absolute atomic E-state index is 13.0. The van der Waals surface area contributed by atoms with Gasteiger partial charge in [-0.15, -0.1) is 11.3 Å². The highest BCUT2D eigenvalue weighted by Crippen LogP contribution is 2.48. The second-order valence-electron chi connectivity index (χ2n) is 8.57. The third kappa shape index (κ3) is 4.56. The van der Waals surface area contributed by atoms with E-state index in [9.17, 15) is 9.59 Å². The highest BCUT2D eigenvalue weighted by Gasteiger charge is 2.41. The lowest BCUT2D eigenvalue weighted by Crippen LogP contribution is -2.40. The van der Waals surface area contributed by atoms with Gasteiger partial charge >= 0.3 is 5.97 Å². The molecule has 2 aliphatic heterocycles. The van der Waals surface area contributed by atoms with Crippen molar-refractivity contribution in [1.82, 2.24) is 4.90 Å². The fourth-order valence-corrected chi connectivity index (χ4v) is 5.64. The Bertz CT molecular complexity index is 1250. The van der Waals surface area contributed by atoms with Crippen LogP contribution in [0.25, 0.3) is 0 Å². The minimum absolute atomic E-state index is 0.000366. The number of rotatable bonds is 7. The normalized spacial score (nSPS) is 18.9. The fraction of sp³-hybridized carbons (Fsp3) is 0.286. The van der Waals surface area contributed by atoms with Crippen LogP contribution in [-0.2, 0) is 27.4 Å². The molecular weight excluding hydrogens is 462 g/mol. The van der Waals surface area contributed by atoms with Crippen LogP contribution in [0.3, 0.4) is 0 Å². The lowest BCUT2D eigenvalue weighted by molar-refractivity contribution is -0.140. The molecule has 0 saturated heterocycles. The van der Waals surface area contributed by atoms with Crippen molar-refractivity contribution in [3.05, 3.63) is 93.3 Å². The van der Waals surface area contributed by atoms with Gasteiger partial charge in [-0.1, -0.05) is 36.4 Å². The predicted molar refractivity (Wildman–Crippen MR) is 133 cm³/mol. The average molecular weight is 490 g/mol. The Morgan fingerprint density at radius 3 is 2.60 bits per heavy atom. The van der Waals surface area contributed by atoms with E-state index < -0.39 is 5.97 Å². The first-order valence-electron chi connectivity index (χ1n) is 11.7. The molecule has 0 fully saturated rings. The zero-order valence-electron chi connectivity index (χ0n) is 19.7. The van der Waals surface area contributed by atoms with Crippen LogP contribution in [0.5, 0.6) is 11.5 Å². The smallest absolute Gasteiger partial charge is 0.343 e. The van der Waals surface area contributed by atoms with E-state index in [4.69, 9.17) is 14.2 Å². The average Bonchev–Trinajstić information content (AvgIpc) is 3.41. The number of Topliss-reactive ketones (excluding diaryl/α,β-unsaturated/α-hetero) is 1. The van der Waals surface area contributed by atoms with E-state index in [1.54, 1.807) is 31.6 Å². The van der Waals surface area contributed by atoms with Crippen LogP contribution in [-0.4, -0.2) is 30.4 Å². The Morgan fingerprint density at radius 1 is 1.06 bits per heavy atom. The summed E-state index contributed by atoms with van der Waals surface area (Å²) >= 11 is 1.67. The van der Waals surface area contributed by atoms with Gasteiger partial charge in [0.1, 0.15) is 12.2 Å². The second kappa shape index (κ2) is 9.96. The molecule has 6 nitrogen and oxygen atoms in total. The van der Waals surface area contributed by atoms with Crippen LogP contribution in [0.1, 0.15) is 47.0 Å². The summed E-state index contributed by atoms with van der Waals surface area (Å²) in [5.41, 5.74) is 3.33. The van der Waals surface area contributed by atoms with Crippen molar-refractivity contribution >= 4 is 23.1 Å². The maximum Gasteiger partial charge on any atom is 0.343 e. The molecule has 3 aromatic rings. The van der Waals surface area contributed by atoms with Gasteiger partial charge in [0.25, 0.3) is 0 Å². The van der Waals surface area contributed by atoms with Crippen molar-refractivity contribution in [3.63, 3.8) is 0 Å². The molecule has 0 amide bonds. The zero-order chi connectivity index (χ0) is 24.4. The first-order chi connectivity index (χ1) is 17.1. The number of thiophene rings is 1. The van der Waals surface area contributed by atoms with E-state index in [0.29, 0.717) is 18.1 Å². The van der Waals surface area contributed by atoms with Crippen molar-refractivity contribution in [2.75, 3.05) is 13.7 Å². The summed E-state index contributed by atoms with van der Waals surface area (Å²) in [7, 11) is 1.62. The van der Waals surface area contributed by atoms with Crippen molar-refractivity contribution < 1.29 is 23.8 Å². The van der Waals surface area contributed by atoms with Gasteiger partial charge < -0.3 is 19.1 Å². The highest BCUT2D eigenvalue weighted by atomic mass is 32.1. The Morgan fingerprint density at radius 2 is 1.89 bits per heavy atom. The minimum atomic E-state index is -0.561. The molecular formula is C28H27NO5S. The van der Waals surface area contributed by atoms with E-state index in [1.165, 1.54) is 4.88 Å². The first-order valence-corrected chi connectivity index (χ1v) is 12.6. The van der Waals surface area contributed by atoms with E-state index >= 15 is 0 Å². The monoisotopic (exact) mass is 489 g/mol. The summed E-state index contributed by atoms with van der Waals surface area (Å²) in [6, 6.07) is 18.0. The molecule has 3 heterocycles. The predicted octanol–water partition coefficient (Wildman–Crippen LogP) is 5.40. The number of esters is 1. The molecule has 7 heteroatoms. The van der Waals surface area contributed by atoms with Crippen molar-refractivity contribution in [1.29, 1.82) is 0 Å². The number of ketones is 1. The van der Waals surface area contributed by atoms with Gasteiger partial charge in [-0.3, -0.25) is 4.79 Å². The number of benzene rings is 2. The van der Waals surface area contributed by atoms with E-state index in [-0.39, 0.29) is 36.5 Å². The number of hydrogen-bond acceptors (Lipinski definition) is 7. The molecule has 2 aromatic carbocycles. The molecule has 35 heavy (non-hydrogen) atoms. The molecule has 0 spiro atoms. The number of hydrogen-bond donors (Lipinski definition) is 0. The van der Waals surface area contributed by atoms with Crippen molar-refractivity contribution in [2.24, 2.45) is 0 Å². The zero-order valence-corrected chi connectivity index (χ0v) is 20.5. The van der Waals surface area contributed by atoms with Gasteiger partial charge in [-0.25, -0.2) is 4.79 Å². The Balaban J connectivity index is 1.54. The van der Waals surface area contributed by atoms with Crippen LogP contribution in [0.2, 0.25) is 0 Å². The molecule has 2 unspecified atom stereocenters. The summed E-state index contributed by atoms with van der Waals surface area (Å²) in [5.74, 6) is 0.542. The summed E-state index contributed by atoms with van der Waals surface area (Å²) in [5, 5.41) is 2.05. The van der Waals surface area contributed by atoms with Crippen LogP contribution < -0.4 is 9.47 Å². The molecule has 180 valence electrons.